The lowest BCUT2D eigenvalue weighted by Crippen LogP contribution is -2.29. The first-order valence-electron chi connectivity index (χ1n) is 12.0. The van der Waals surface area contributed by atoms with Gasteiger partial charge >= 0.3 is 0 Å². The van der Waals surface area contributed by atoms with E-state index in [0.717, 1.165) is 40.9 Å². The Bertz CT molecular complexity index is 1430. The van der Waals surface area contributed by atoms with Crippen molar-refractivity contribution in [3.63, 3.8) is 0 Å². The van der Waals surface area contributed by atoms with Gasteiger partial charge in [0, 0.05) is 62.1 Å². The van der Waals surface area contributed by atoms with Gasteiger partial charge in [0.2, 0.25) is 11.9 Å². The van der Waals surface area contributed by atoms with Crippen LogP contribution in [0.25, 0.3) is 22.2 Å². The zero-order valence-electron chi connectivity index (χ0n) is 21.9. The SMILES string of the molecule is C=CC(=O)Nc1cc(Nc2nccc(-c3cccc4c3ccn4C)n2)c(OC)cc1N(C)CCN(C)C. The summed E-state index contributed by atoms with van der Waals surface area (Å²) in [6, 6.07) is 13.9. The maximum atomic E-state index is 12.2. The molecule has 4 rings (SSSR count). The molecule has 0 unspecified atom stereocenters. The second kappa shape index (κ2) is 11.1. The fourth-order valence-corrected chi connectivity index (χ4v) is 4.12. The van der Waals surface area contributed by atoms with Crippen molar-refractivity contribution in [1.82, 2.24) is 19.4 Å². The van der Waals surface area contributed by atoms with Gasteiger partial charge in [0.05, 0.1) is 29.9 Å². The number of amides is 1. The van der Waals surface area contributed by atoms with E-state index in [2.05, 4.69) is 54.8 Å². The Balaban J connectivity index is 1.71. The highest BCUT2D eigenvalue weighted by molar-refractivity contribution is 6.02. The van der Waals surface area contributed by atoms with Gasteiger partial charge in [-0.2, -0.15) is 0 Å². The third kappa shape index (κ3) is 5.73. The molecule has 1 amide bonds. The van der Waals surface area contributed by atoms with Crippen molar-refractivity contribution in [1.29, 1.82) is 0 Å². The molecule has 37 heavy (non-hydrogen) atoms. The first-order valence-corrected chi connectivity index (χ1v) is 12.0. The first-order chi connectivity index (χ1) is 17.8. The lowest BCUT2D eigenvalue weighted by Gasteiger charge is -2.26. The van der Waals surface area contributed by atoms with Crippen molar-refractivity contribution < 1.29 is 9.53 Å². The Morgan fingerprint density at radius 2 is 1.95 bits per heavy atom. The Labute approximate surface area is 217 Å². The van der Waals surface area contributed by atoms with Crippen LogP contribution in [0.2, 0.25) is 0 Å². The molecule has 2 aromatic heterocycles. The van der Waals surface area contributed by atoms with Crippen LogP contribution in [0.1, 0.15) is 0 Å². The van der Waals surface area contributed by atoms with Gasteiger partial charge in [-0.25, -0.2) is 9.97 Å². The maximum Gasteiger partial charge on any atom is 0.247 e. The Morgan fingerprint density at radius 3 is 2.68 bits per heavy atom. The van der Waals surface area contributed by atoms with Crippen LogP contribution in [0.4, 0.5) is 23.0 Å². The molecule has 0 aliphatic carbocycles. The van der Waals surface area contributed by atoms with Gasteiger partial charge in [0.15, 0.2) is 0 Å². The normalized spacial score (nSPS) is 11.0. The number of nitrogens with one attached hydrogen (secondary N) is 2. The molecule has 0 aliphatic rings. The van der Waals surface area contributed by atoms with Crippen molar-refractivity contribution in [2.24, 2.45) is 7.05 Å². The molecule has 9 heteroatoms. The molecule has 4 aromatic rings. The van der Waals surface area contributed by atoms with Crippen LogP contribution >= 0.6 is 0 Å². The predicted molar refractivity (Wildman–Crippen MR) is 151 cm³/mol. The van der Waals surface area contributed by atoms with Crippen LogP contribution in [0, 0.1) is 0 Å². The molecule has 0 bridgehead atoms. The molecule has 0 aliphatic heterocycles. The molecule has 2 N–H and O–H groups in total. The summed E-state index contributed by atoms with van der Waals surface area (Å²) >= 11 is 0. The maximum absolute atomic E-state index is 12.2. The van der Waals surface area contributed by atoms with Gasteiger partial charge in [-0.1, -0.05) is 18.7 Å². The lowest BCUT2D eigenvalue weighted by molar-refractivity contribution is -0.111. The number of nitrogens with zero attached hydrogens (tertiary/aromatic N) is 5. The molecule has 0 spiro atoms. The van der Waals surface area contributed by atoms with Gasteiger partial charge in [-0.05, 0) is 44.4 Å². The van der Waals surface area contributed by atoms with E-state index in [-0.39, 0.29) is 5.91 Å². The molecular formula is C28H33N7O2. The first kappa shape index (κ1) is 25.7. The minimum atomic E-state index is -0.299. The van der Waals surface area contributed by atoms with E-state index in [0.29, 0.717) is 23.1 Å². The second-order valence-corrected chi connectivity index (χ2v) is 9.04. The van der Waals surface area contributed by atoms with Gasteiger partial charge in [-0.3, -0.25) is 4.79 Å². The fraction of sp³-hybridized carbons (Fsp3) is 0.250. The largest absolute Gasteiger partial charge is 0.494 e. The van der Waals surface area contributed by atoms with Gasteiger partial charge < -0.3 is 29.7 Å². The topological polar surface area (TPSA) is 87.5 Å². The number of aryl methyl sites for hydroxylation is 1. The van der Waals surface area contributed by atoms with E-state index in [1.165, 1.54) is 6.08 Å². The molecule has 0 fully saturated rings. The summed E-state index contributed by atoms with van der Waals surface area (Å²) in [7, 11) is 9.66. The van der Waals surface area contributed by atoms with Crippen LogP contribution in [-0.2, 0) is 11.8 Å². The molecule has 0 saturated heterocycles. The Kier molecular flexibility index (Phi) is 7.74. The van der Waals surface area contributed by atoms with Crippen molar-refractivity contribution in [2.75, 3.05) is 56.9 Å². The van der Waals surface area contributed by atoms with Crippen molar-refractivity contribution in [2.45, 2.75) is 0 Å². The number of ether oxygens (including phenoxy) is 1. The van der Waals surface area contributed by atoms with Crippen molar-refractivity contribution in [3.05, 3.63) is 67.5 Å². The zero-order chi connectivity index (χ0) is 26.5. The molecule has 192 valence electrons. The summed E-state index contributed by atoms with van der Waals surface area (Å²) in [5.41, 5.74) is 5.02. The molecular weight excluding hydrogens is 466 g/mol. The van der Waals surface area contributed by atoms with E-state index in [1.54, 1.807) is 13.3 Å². The summed E-state index contributed by atoms with van der Waals surface area (Å²) in [6.07, 6.45) is 5.01. The van der Waals surface area contributed by atoms with E-state index in [1.807, 2.05) is 58.7 Å². The number of aromatic nitrogens is 3. The molecule has 0 saturated carbocycles. The van der Waals surface area contributed by atoms with Gasteiger partial charge in [0.25, 0.3) is 0 Å². The number of carbonyl (C=O) groups excluding carboxylic acids is 1. The number of hydrogen-bond acceptors (Lipinski definition) is 7. The number of fused-ring (bicyclic) bond motifs is 1. The Morgan fingerprint density at radius 1 is 1.14 bits per heavy atom. The monoisotopic (exact) mass is 499 g/mol. The third-order valence-corrected chi connectivity index (χ3v) is 6.16. The predicted octanol–water partition coefficient (Wildman–Crippen LogP) is 4.51. The molecule has 2 aromatic carbocycles. The number of methoxy groups -OCH3 is 1. The summed E-state index contributed by atoms with van der Waals surface area (Å²) in [5, 5.41) is 7.31. The van der Waals surface area contributed by atoms with E-state index < -0.39 is 0 Å². The Hall–Kier alpha value is -4.37. The number of anilines is 4. The standard InChI is InChI=1S/C28H33N7O2/c1-7-27(36)30-22-17-23(26(37-6)18-25(22)35(5)16-15-33(2)3)32-28-29-13-11-21(31-28)19-9-8-10-24-20(19)12-14-34(24)4/h7-14,17-18H,1,15-16H2,2-6H3,(H,30,36)(H,29,31,32). The highest BCUT2D eigenvalue weighted by Gasteiger charge is 2.17. The summed E-state index contributed by atoms with van der Waals surface area (Å²) in [4.78, 5) is 25.6. The number of likely N-dealkylation sites (N-methyl/N-ethyl adjacent to an activating group) is 2. The fourth-order valence-electron chi connectivity index (χ4n) is 4.12. The number of rotatable bonds is 10. The third-order valence-electron chi connectivity index (χ3n) is 6.16. The van der Waals surface area contributed by atoms with E-state index in [4.69, 9.17) is 9.72 Å². The number of hydrogen-bond donors (Lipinski definition) is 2. The minimum absolute atomic E-state index is 0.299. The van der Waals surface area contributed by atoms with Crippen LogP contribution in [0.15, 0.2) is 67.5 Å². The molecule has 9 nitrogen and oxygen atoms in total. The average Bonchev–Trinajstić information content (AvgIpc) is 3.28. The average molecular weight is 500 g/mol. The quantitative estimate of drug-likeness (QED) is 0.311. The zero-order valence-corrected chi connectivity index (χ0v) is 21.9. The summed E-state index contributed by atoms with van der Waals surface area (Å²) in [5.74, 6) is 0.716. The van der Waals surface area contributed by atoms with Gasteiger partial charge in [0.1, 0.15) is 5.75 Å². The lowest BCUT2D eigenvalue weighted by atomic mass is 10.1. The van der Waals surface area contributed by atoms with Crippen LogP contribution < -0.4 is 20.3 Å². The van der Waals surface area contributed by atoms with Gasteiger partial charge in [-0.15, -0.1) is 0 Å². The van der Waals surface area contributed by atoms with Crippen LogP contribution in [0.3, 0.4) is 0 Å². The van der Waals surface area contributed by atoms with Crippen LogP contribution in [0.5, 0.6) is 5.75 Å². The summed E-state index contributed by atoms with van der Waals surface area (Å²) in [6.45, 7) is 5.19. The minimum Gasteiger partial charge on any atom is -0.494 e. The number of benzene rings is 2. The summed E-state index contributed by atoms with van der Waals surface area (Å²) < 4.78 is 7.79. The molecule has 2 heterocycles. The van der Waals surface area contributed by atoms with E-state index in [9.17, 15) is 4.79 Å². The smallest absolute Gasteiger partial charge is 0.247 e. The highest BCUT2D eigenvalue weighted by atomic mass is 16.5. The van der Waals surface area contributed by atoms with Crippen molar-refractivity contribution in [3.8, 4) is 17.0 Å². The molecule has 0 atom stereocenters. The van der Waals surface area contributed by atoms with E-state index >= 15 is 0 Å². The highest BCUT2D eigenvalue weighted by Crippen LogP contribution is 2.38. The second-order valence-electron chi connectivity index (χ2n) is 9.04. The van der Waals surface area contributed by atoms with Crippen LogP contribution in [-0.4, -0.2) is 66.7 Å². The van der Waals surface area contributed by atoms with Crippen molar-refractivity contribution >= 4 is 39.8 Å². The molecule has 0 radical (unpaired) electrons. The number of carbonyl (C=O) groups is 1.